The molecule has 1 fully saturated rings. The normalized spacial score (nSPS) is 19.5. The minimum Gasteiger partial charge on any atom is -0.353 e. The number of rotatable bonds is 13. The first-order valence-corrected chi connectivity index (χ1v) is 17.4. The molecule has 8 nitrogen and oxygen atoms in total. The highest BCUT2D eigenvalue weighted by molar-refractivity contribution is 7.89. The van der Waals surface area contributed by atoms with Crippen molar-refractivity contribution in [3.8, 4) is 0 Å². The number of benzene rings is 2. The smallest absolute Gasteiger partial charge is 0.243 e. The molecule has 1 unspecified atom stereocenters. The third-order valence-electron chi connectivity index (χ3n) is 8.33. The van der Waals surface area contributed by atoms with Crippen LogP contribution in [0, 0.1) is 18.8 Å². The molecule has 2 atom stereocenters. The molecule has 9 heteroatoms. The van der Waals surface area contributed by atoms with Crippen LogP contribution in [-0.4, -0.2) is 68.2 Å². The van der Waals surface area contributed by atoms with Crippen LogP contribution in [0.15, 0.2) is 47.4 Å². The van der Waals surface area contributed by atoms with Gasteiger partial charge in [0.2, 0.25) is 21.8 Å². The number of carbonyl (C=O) groups is 2. The van der Waals surface area contributed by atoms with Crippen LogP contribution in [0.25, 0.3) is 0 Å². The number of amides is 2. The van der Waals surface area contributed by atoms with Gasteiger partial charge in [0.1, 0.15) is 6.04 Å². The Morgan fingerprint density at radius 1 is 1.07 bits per heavy atom. The van der Waals surface area contributed by atoms with E-state index in [1.165, 1.54) is 15.4 Å². The predicted octanol–water partition coefficient (Wildman–Crippen LogP) is 4.61. The van der Waals surface area contributed by atoms with Crippen LogP contribution >= 0.6 is 0 Å². The monoisotopic (exact) mass is 610 g/mol. The molecule has 0 radical (unpaired) electrons. The van der Waals surface area contributed by atoms with E-state index in [2.05, 4.69) is 61.4 Å². The molecule has 1 aliphatic carbocycles. The summed E-state index contributed by atoms with van der Waals surface area (Å²) in [7, 11) is -3.93. The zero-order valence-corrected chi connectivity index (χ0v) is 27.4. The second kappa shape index (κ2) is 14.8. The second-order valence-electron chi connectivity index (χ2n) is 13.1. The third-order valence-corrected chi connectivity index (χ3v) is 10.3. The zero-order chi connectivity index (χ0) is 31.1. The van der Waals surface area contributed by atoms with Crippen molar-refractivity contribution in [1.29, 1.82) is 0 Å². The summed E-state index contributed by atoms with van der Waals surface area (Å²) in [6.07, 6.45) is 4.69. The number of fused-ring (bicyclic) bond motifs is 1. The number of carbonyl (C=O) groups excluding carboxylic acids is 2. The molecular formula is C34H50N4O4S. The molecule has 2 N–H and O–H groups in total. The Hall–Kier alpha value is -2.75. The molecule has 0 spiro atoms. The molecule has 1 heterocycles. The fourth-order valence-electron chi connectivity index (χ4n) is 6.42. The van der Waals surface area contributed by atoms with Crippen molar-refractivity contribution < 1.29 is 18.0 Å². The molecule has 0 saturated carbocycles. The Labute approximate surface area is 258 Å². The van der Waals surface area contributed by atoms with Crippen molar-refractivity contribution in [3.05, 3.63) is 64.7 Å². The number of hydrogen-bond acceptors (Lipinski definition) is 5. The van der Waals surface area contributed by atoms with Gasteiger partial charge in [-0.3, -0.25) is 9.59 Å². The molecule has 1 aliphatic heterocycles. The quantitative estimate of drug-likeness (QED) is 0.345. The van der Waals surface area contributed by atoms with Crippen molar-refractivity contribution in [2.45, 2.75) is 90.1 Å². The lowest BCUT2D eigenvalue weighted by molar-refractivity contribution is -0.132. The second-order valence-corrected chi connectivity index (χ2v) is 15.0. The van der Waals surface area contributed by atoms with Gasteiger partial charge in [-0.15, -0.1) is 0 Å². The highest BCUT2D eigenvalue weighted by Crippen LogP contribution is 2.31. The summed E-state index contributed by atoms with van der Waals surface area (Å²) in [5.74, 6) is 0.556. The van der Waals surface area contributed by atoms with Gasteiger partial charge in [0.05, 0.1) is 17.4 Å². The van der Waals surface area contributed by atoms with Crippen LogP contribution in [0.3, 0.4) is 0 Å². The summed E-state index contributed by atoms with van der Waals surface area (Å²) < 4.78 is 28.1. The molecule has 43 heavy (non-hydrogen) atoms. The minimum atomic E-state index is -3.93. The van der Waals surface area contributed by atoms with E-state index in [1.54, 1.807) is 24.3 Å². The number of nitrogens with zero attached hydrogens (tertiary/aromatic N) is 2. The topological polar surface area (TPSA) is 98.8 Å². The molecule has 0 bridgehead atoms. The first kappa shape index (κ1) is 33.1. The largest absolute Gasteiger partial charge is 0.353 e. The fraction of sp³-hybridized carbons (Fsp3) is 0.588. The van der Waals surface area contributed by atoms with E-state index in [4.69, 9.17) is 0 Å². The van der Waals surface area contributed by atoms with Crippen molar-refractivity contribution in [2.24, 2.45) is 11.8 Å². The fourth-order valence-corrected chi connectivity index (χ4v) is 8.01. The van der Waals surface area contributed by atoms with Gasteiger partial charge < -0.3 is 15.5 Å². The first-order valence-electron chi connectivity index (χ1n) is 15.9. The van der Waals surface area contributed by atoms with E-state index in [1.807, 2.05) is 6.92 Å². The number of aryl methyl sites for hydroxylation is 3. The molecule has 2 aliphatic rings. The van der Waals surface area contributed by atoms with Crippen molar-refractivity contribution in [3.63, 3.8) is 0 Å². The Balaban J connectivity index is 1.39. The van der Waals surface area contributed by atoms with Gasteiger partial charge >= 0.3 is 0 Å². The molecule has 2 amide bonds. The maximum atomic E-state index is 13.4. The highest BCUT2D eigenvalue weighted by Gasteiger charge is 2.40. The van der Waals surface area contributed by atoms with Gasteiger partial charge in [-0.05, 0) is 86.2 Å². The van der Waals surface area contributed by atoms with Gasteiger partial charge in [0, 0.05) is 26.2 Å². The summed E-state index contributed by atoms with van der Waals surface area (Å²) in [5.41, 5.74) is 4.67. The van der Waals surface area contributed by atoms with Gasteiger partial charge in [0.15, 0.2) is 0 Å². The van der Waals surface area contributed by atoms with Crippen LogP contribution in [-0.2, 0) is 32.5 Å². The number of hydrogen-bond donors (Lipinski definition) is 2. The van der Waals surface area contributed by atoms with E-state index in [0.29, 0.717) is 11.8 Å². The maximum Gasteiger partial charge on any atom is 0.243 e. The van der Waals surface area contributed by atoms with Crippen molar-refractivity contribution in [1.82, 2.24) is 19.8 Å². The Morgan fingerprint density at radius 3 is 2.44 bits per heavy atom. The van der Waals surface area contributed by atoms with E-state index in [0.717, 1.165) is 62.9 Å². The Morgan fingerprint density at radius 2 is 1.77 bits per heavy atom. The van der Waals surface area contributed by atoms with Gasteiger partial charge in [-0.25, -0.2) is 8.42 Å². The molecule has 236 valence electrons. The lowest BCUT2D eigenvalue weighted by atomic mass is 9.86. The molecule has 1 saturated heterocycles. The standard InChI is InChI=1S/C34H50N4O4S/c1-24(2)22-37(23-25(3)4)18-7-8-27-13-16-30-28(20-27)9-6-10-31(30)36-33(39)21-32-34(40)35-17-19-38(32)43(41,42)29-14-11-26(5)12-15-29/h11-16,20,24-25,31-32H,6-10,17-19,21-23H2,1-5H3,(H,35,40)(H,36,39)/t31-,32?/m1/s1. The third kappa shape index (κ3) is 8.89. The van der Waals surface area contributed by atoms with Crippen LogP contribution in [0.1, 0.15) is 81.7 Å². The summed E-state index contributed by atoms with van der Waals surface area (Å²) in [5, 5.41) is 5.87. The minimum absolute atomic E-state index is 0.127. The highest BCUT2D eigenvalue weighted by atomic mass is 32.2. The van der Waals surface area contributed by atoms with Gasteiger partial charge in [0.25, 0.3) is 0 Å². The number of sulfonamides is 1. The molecule has 4 rings (SSSR count). The van der Waals surface area contributed by atoms with E-state index in [-0.39, 0.29) is 36.4 Å². The lowest BCUT2D eigenvalue weighted by Crippen LogP contribution is -2.58. The summed E-state index contributed by atoms with van der Waals surface area (Å²) >= 11 is 0. The van der Waals surface area contributed by atoms with E-state index < -0.39 is 22.0 Å². The summed E-state index contributed by atoms with van der Waals surface area (Å²) in [4.78, 5) is 28.8. The average molecular weight is 611 g/mol. The Kier molecular flexibility index (Phi) is 11.4. The SMILES string of the molecule is Cc1ccc(S(=O)(=O)N2CCNC(=O)C2CC(=O)N[C@@H]2CCCc3cc(CCCN(CC(C)C)CC(C)C)ccc32)cc1. The summed E-state index contributed by atoms with van der Waals surface area (Å²) in [6, 6.07) is 12.0. The van der Waals surface area contributed by atoms with Crippen molar-refractivity contribution in [2.75, 3.05) is 32.7 Å². The first-order chi connectivity index (χ1) is 20.4. The number of piperazine rings is 1. The molecule has 2 aromatic carbocycles. The van der Waals surface area contributed by atoms with Crippen LogP contribution in [0.2, 0.25) is 0 Å². The molecule has 2 aromatic rings. The number of nitrogens with one attached hydrogen (secondary N) is 2. The van der Waals surface area contributed by atoms with E-state index in [9.17, 15) is 18.0 Å². The molecule has 0 aromatic heterocycles. The lowest BCUT2D eigenvalue weighted by Gasteiger charge is -2.34. The van der Waals surface area contributed by atoms with Gasteiger partial charge in [-0.2, -0.15) is 4.31 Å². The zero-order valence-electron chi connectivity index (χ0n) is 26.6. The maximum absolute atomic E-state index is 13.4. The molecular weight excluding hydrogens is 560 g/mol. The van der Waals surface area contributed by atoms with Crippen LogP contribution < -0.4 is 10.6 Å². The Bertz CT molecular complexity index is 1350. The van der Waals surface area contributed by atoms with Gasteiger partial charge in [-0.1, -0.05) is 63.6 Å². The summed E-state index contributed by atoms with van der Waals surface area (Å²) in [6.45, 7) is 14.7. The van der Waals surface area contributed by atoms with Crippen LogP contribution in [0.4, 0.5) is 0 Å². The predicted molar refractivity (Wildman–Crippen MR) is 171 cm³/mol. The van der Waals surface area contributed by atoms with Crippen molar-refractivity contribution >= 4 is 21.8 Å². The van der Waals surface area contributed by atoms with Crippen LogP contribution in [0.5, 0.6) is 0 Å². The van der Waals surface area contributed by atoms with E-state index >= 15 is 0 Å². The average Bonchev–Trinajstić information content (AvgIpc) is 2.93.